The van der Waals surface area contributed by atoms with Crippen molar-refractivity contribution in [1.82, 2.24) is 4.90 Å². The lowest BCUT2D eigenvalue weighted by Crippen LogP contribution is -2.60. The predicted molar refractivity (Wildman–Crippen MR) is 158 cm³/mol. The number of allylic oxidation sites excluding steroid dienone is 2. The van der Waals surface area contributed by atoms with Crippen LogP contribution >= 0.6 is 39.1 Å². The molecule has 0 radical (unpaired) electrons. The number of carbonyl (C=O) groups excluding carboxylic acids is 4. The number of aliphatic hydroxyl groups is 1. The Hall–Kier alpha value is -3.25. The maximum absolute atomic E-state index is 14.1. The number of hydrogen-bond acceptors (Lipinski definition) is 7. The van der Waals surface area contributed by atoms with Crippen molar-refractivity contribution in [1.29, 1.82) is 0 Å². The smallest absolute Gasteiger partial charge is 0.335 e. The zero-order valence-corrected chi connectivity index (χ0v) is 25.5. The van der Waals surface area contributed by atoms with Gasteiger partial charge in [0.2, 0.25) is 11.8 Å². The van der Waals surface area contributed by atoms with Crippen molar-refractivity contribution in [3.63, 3.8) is 0 Å². The molecule has 2 aliphatic heterocycles. The third kappa shape index (κ3) is 4.19. The fourth-order valence-electron chi connectivity index (χ4n) is 7.08. The van der Waals surface area contributed by atoms with Gasteiger partial charge < -0.3 is 14.9 Å². The predicted octanol–water partition coefficient (Wildman–Crippen LogP) is 3.67. The standard InChI is InChI=1S/C30H25BrCl2N2O8/c31-14-34-27(41)29(32)13-21-19(23(30(29,33)28(34)42)15-4-6-18(7-5-15)43-11-10-36)8-9-20-22(21)25(38)35(24(20)37)17-3-1-2-16(12-17)26(39)40/h1-8,12,20-23,36H,9-11,13-14H2,(H,39,40)/t20-,21+,22-,23-,29+,30-/m0/s1. The minimum absolute atomic E-state index is 0.0764. The average Bonchev–Trinajstić information content (AvgIpc) is 3.34. The van der Waals surface area contributed by atoms with E-state index in [9.17, 15) is 29.1 Å². The SMILES string of the molecule is O=C(O)c1cccc(N2C(=O)[C@H]3[C@H](CC=C4[C@H]3C[C@@]3(Cl)C(=O)N(CBr)C(=O)[C@@]3(Cl)[C@H]4c3ccc(OCCO)cc3)C2=O)c1. The fourth-order valence-corrected chi connectivity index (χ4v) is 8.51. The number of carbonyl (C=O) groups is 5. The number of benzene rings is 2. The number of aromatic carboxylic acids is 1. The van der Waals surface area contributed by atoms with E-state index in [1.165, 1.54) is 24.3 Å². The Morgan fingerprint density at radius 1 is 1.02 bits per heavy atom. The largest absolute Gasteiger partial charge is 0.491 e. The van der Waals surface area contributed by atoms with E-state index in [0.29, 0.717) is 16.9 Å². The molecule has 0 unspecified atom stereocenters. The molecule has 0 bridgehead atoms. The molecule has 2 aliphatic carbocycles. The second-order valence-corrected chi connectivity index (χ2v) is 12.7. The van der Waals surface area contributed by atoms with Crippen LogP contribution in [0, 0.1) is 17.8 Å². The van der Waals surface area contributed by atoms with Crippen LogP contribution in [0.2, 0.25) is 0 Å². The van der Waals surface area contributed by atoms with Gasteiger partial charge in [0.05, 0.1) is 35.1 Å². The quantitative estimate of drug-likeness (QED) is 0.194. The summed E-state index contributed by atoms with van der Waals surface area (Å²) >= 11 is 17.6. The molecule has 4 amide bonds. The lowest BCUT2D eigenvalue weighted by atomic mass is 9.56. The fraction of sp³-hybridized carbons (Fsp3) is 0.367. The van der Waals surface area contributed by atoms with Gasteiger partial charge in [0.15, 0.2) is 9.75 Å². The Bertz CT molecular complexity index is 1600. The summed E-state index contributed by atoms with van der Waals surface area (Å²) in [5.41, 5.74) is 1.13. The first-order valence-electron chi connectivity index (χ1n) is 13.5. The van der Waals surface area contributed by atoms with E-state index in [-0.39, 0.29) is 42.8 Å². The van der Waals surface area contributed by atoms with Gasteiger partial charge in [-0.1, -0.05) is 45.8 Å². The van der Waals surface area contributed by atoms with Gasteiger partial charge in [-0.3, -0.25) is 29.0 Å². The van der Waals surface area contributed by atoms with Crippen molar-refractivity contribution in [3.05, 3.63) is 71.3 Å². The number of anilines is 1. The highest BCUT2D eigenvalue weighted by molar-refractivity contribution is 9.09. The number of ether oxygens (including phenoxy) is 1. The van der Waals surface area contributed by atoms with E-state index in [2.05, 4.69) is 15.9 Å². The number of carboxylic acids is 1. The van der Waals surface area contributed by atoms with Crippen molar-refractivity contribution in [2.24, 2.45) is 17.8 Å². The number of nitrogens with zero attached hydrogens (tertiary/aromatic N) is 2. The Morgan fingerprint density at radius 3 is 2.40 bits per heavy atom. The lowest BCUT2D eigenvalue weighted by molar-refractivity contribution is -0.138. The van der Waals surface area contributed by atoms with E-state index in [4.69, 9.17) is 33.0 Å². The number of alkyl halides is 3. The molecule has 0 spiro atoms. The topological polar surface area (TPSA) is 142 Å². The molecule has 4 aliphatic rings. The Balaban J connectivity index is 1.46. The van der Waals surface area contributed by atoms with Crippen molar-refractivity contribution in [3.8, 4) is 5.75 Å². The van der Waals surface area contributed by atoms with Gasteiger partial charge in [-0.2, -0.15) is 0 Å². The van der Waals surface area contributed by atoms with Crippen molar-refractivity contribution < 1.29 is 38.9 Å². The molecule has 2 aromatic carbocycles. The molecular formula is C30H25BrCl2N2O8. The zero-order valence-electron chi connectivity index (χ0n) is 22.4. The molecule has 13 heteroatoms. The Kier molecular flexibility index (Phi) is 7.44. The lowest BCUT2D eigenvalue weighted by Gasteiger charge is -2.50. The van der Waals surface area contributed by atoms with Crippen molar-refractivity contribution in [2.45, 2.75) is 28.5 Å². The molecule has 1 saturated carbocycles. The van der Waals surface area contributed by atoms with Crippen LogP contribution in [0.5, 0.6) is 5.75 Å². The molecule has 3 fully saturated rings. The van der Waals surface area contributed by atoms with Gasteiger partial charge in [0.25, 0.3) is 11.8 Å². The summed E-state index contributed by atoms with van der Waals surface area (Å²) < 4.78 is 5.48. The van der Waals surface area contributed by atoms with E-state index >= 15 is 0 Å². The summed E-state index contributed by atoms with van der Waals surface area (Å²) in [5, 5.41) is 18.6. The number of fused-ring (bicyclic) bond motifs is 4. The average molecular weight is 692 g/mol. The van der Waals surface area contributed by atoms with E-state index in [0.717, 1.165) is 9.80 Å². The van der Waals surface area contributed by atoms with Crippen molar-refractivity contribution >= 4 is 74.4 Å². The number of halogens is 3. The van der Waals surface area contributed by atoms with E-state index < -0.39 is 63.0 Å². The maximum Gasteiger partial charge on any atom is 0.335 e. The van der Waals surface area contributed by atoms with Crippen LogP contribution in [-0.2, 0) is 19.2 Å². The van der Waals surface area contributed by atoms with Crippen LogP contribution in [-0.4, -0.2) is 73.1 Å². The second kappa shape index (κ2) is 10.7. The zero-order chi connectivity index (χ0) is 30.8. The molecular weight excluding hydrogens is 667 g/mol. The Labute approximate surface area is 264 Å². The van der Waals surface area contributed by atoms with Gasteiger partial charge >= 0.3 is 5.97 Å². The molecule has 2 aromatic rings. The minimum atomic E-state index is -1.93. The van der Waals surface area contributed by atoms with Crippen LogP contribution in [0.15, 0.2) is 60.2 Å². The Morgan fingerprint density at radius 2 is 1.74 bits per heavy atom. The molecule has 0 aromatic heterocycles. The maximum atomic E-state index is 14.1. The van der Waals surface area contributed by atoms with Crippen LogP contribution in [0.4, 0.5) is 5.69 Å². The summed E-state index contributed by atoms with van der Waals surface area (Å²) in [7, 11) is 0. The van der Waals surface area contributed by atoms with Gasteiger partial charge in [-0.25, -0.2) is 4.79 Å². The first-order chi connectivity index (χ1) is 20.5. The van der Waals surface area contributed by atoms with Gasteiger partial charge in [0, 0.05) is 5.92 Å². The highest BCUT2D eigenvalue weighted by Gasteiger charge is 2.76. The van der Waals surface area contributed by atoms with Crippen LogP contribution in [0.25, 0.3) is 0 Å². The minimum Gasteiger partial charge on any atom is -0.491 e. The van der Waals surface area contributed by atoms with Crippen LogP contribution < -0.4 is 9.64 Å². The summed E-state index contributed by atoms with van der Waals surface area (Å²) in [4.78, 5) is 65.0. The summed E-state index contributed by atoms with van der Waals surface area (Å²) in [5.74, 6) is -6.42. The summed E-state index contributed by atoms with van der Waals surface area (Å²) in [6, 6.07) is 12.3. The number of rotatable bonds is 7. The van der Waals surface area contributed by atoms with E-state index in [1.54, 1.807) is 24.3 Å². The monoisotopic (exact) mass is 690 g/mol. The van der Waals surface area contributed by atoms with Crippen LogP contribution in [0.3, 0.4) is 0 Å². The molecule has 43 heavy (non-hydrogen) atoms. The van der Waals surface area contributed by atoms with Gasteiger partial charge in [-0.05, 0) is 54.7 Å². The third-order valence-electron chi connectivity index (χ3n) is 8.94. The van der Waals surface area contributed by atoms with Gasteiger partial charge in [0.1, 0.15) is 12.4 Å². The number of likely N-dealkylation sites (tertiary alicyclic amines) is 1. The summed E-state index contributed by atoms with van der Waals surface area (Å²) in [6.07, 6.45) is 1.84. The normalized spacial score (nSPS) is 31.5. The molecule has 10 nitrogen and oxygen atoms in total. The highest BCUT2D eigenvalue weighted by Crippen LogP contribution is 2.65. The molecule has 2 saturated heterocycles. The third-order valence-corrected chi connectivity index (χ3v) is 10.9. The van der Waals surface area contributed by atoms with Crippen molar-refractivity contribution in [2.75, 3.05) is 23.6 Å². The molecule has 224 valence electrons. The number of amides is 4. The number of carboxylic acid groups (broad SMARTS) is 1. The number of hydrogen-bond donors (Lipinski definition) is 2. The van der Waals surface area contributed by atoms with Crippen LogP contribution in [0.1, 0.15) is 34.7 Å². The summed E-state index contributed by atoms with van der Waals surface area (Å²) in [6.45, 7) is -0.0943. The van der Waals surface area contributed by atoms with E-state index in [1.807, 2.05) is 6.08 Å². The van der Waals surface area contributed by atoms with Gasteiger partial charge in [-0.15, -0.1) is 23.2 Å². The first kappa shape index (κ1) is 29.8. The highest BCUT2D eigenvalue weighted by atomic mass is 79.9. The number of aliphatic hydroxyl groups excluding tert-OH is 1. The molecule has 2 N–H and O–H groups in total. The first-order valence-corrected chi connectivity index (χ1v) is 15.4. The number of imide groups is 2. The molecule has 6 rings (SSSR count). The molecule has 2 heterocycles. The second-order valence-electron chi connectivity index (χ2n) is 11.0. The molecule has 6 atom stereocenters.